The summed E-state index contributed by atoms with van der Waals surface area (Å²) in [5, 5.41) is 0. The summed E-state index contributed by atoms with van der Waals surface area (Å²) < 4.78 is 25.5. The lowest BCUT2D eigenvalue weighted by Crippen LogP contribution is -2.31. The molecule has 18 heavy (non-hydrogen) atoms. The number of hydrogen-bond donors (Lipinski definition) is 4. The molecule has 0 aliphatic carbocycles. The van der Waals surface area contributed by atoms with Crippen molar-refractivity contribution in [2.24, 2.45) is 5.73 Å². The van der Waals surface area contributed by atoms with E-state index in [2.05, 4.69) is 10.9 Å². The van der Waals surface area contributed by atoms with Crippen LogP contribution in [0.15, 0.2) is 29.2 Å². The van der Waals surface area contributed by atoms with Gasteiger partial charge in [0.2, 0.25) is 5.91 Å². The molecular weight excluding hydrogens is 256 g/mol. The molecule has 0 atom stereocenters. The SMILES string of the molecule is CNNc1ccc(S(=O)(=O)NC(=O)CCN)cc1. The third-order valence-corrected chi connectivity index (χ3v) is 3.44. The fraction of sp³-hybridized carbons (Fsp3) is 0.300. The highest BCUT2D eigenvalue weighted by Gasteiger charge is 2.16. The highest BCUT2D eigenvalue weighted by Crippen LogP contribution is 2.13. The second-order valence-corrected chi connectivity index (χ2v) is 5.15. The van der Waals surface area contributed by atoms with E-state index in [4.69, 9.17) is 5.73 Å². The van der Waals surface area contributed by atoms with Gasteiger partial charge in [-0.3, -0.25) is 4.79 Å². The predicted molar refractivity (Wildman–Crippen MR) is 68.1 cm³/mol. The van der Waals surface area contributed by atoms with Crippen LogP contribution in [0.3, 0.4) is 0 Å². The molecule has 0 aromatic heterocycles. The standard InChI is InChI=1S/C10H16N4O3S/c1-12-13-8-2-4-9(5-3-8)18(16,17)14-10(15)6-7-11/h2-5,12-13H,6-7,11H2,1H3,(H,14,15). The van der Waals surface area contributed by atoms with Gasteiger partial charge in [0.1, 0.15) is 0 Å². The fourth-order valence-corrected chi connectivity index (χ4v) is 2.27. The van der Waals surface area contributed by atoms with Crippen LogP contribution in [-0.4, -0.2) is 27.9 Å². The lowest BCUT2D eigenvalue weighted by Gasteiger charge is -2.08. The maximum atomic E-state index is 11.8. The van der Waals surface area contributed by atoms with Gasteiger partial charge in [-0.2, -0.15) is 0 Å². The summed E-state index contributed by atoms with van der Waals surface area (Å²) in [5.74, 6) is -0.616. The van der Waals surface area contributed by atoms with E-state index in [1.165, 1.54) is 12.1 Å². The second kappa shape index (κ2) is 6.34. The van der Waals surface area contributed by atoms with E-state index in [0.717, 1.165) is 0 Å². The van der Waals surface area contributed by atoms with Crippen molar-refractivity contribution in [2.75, 3.05) is 19.0 Å². The molecule has 1 aromatic carbocycles. The van der Waals surface area contributed by atoms with Crippen molar-refractivity contribution in [1.82, 2.24) is 10.1 Å². The monoisotopic (exact) mass is 272 g/mol. The molecule has 5 N–H and O–H groups in total. The molecule has 0 fully saturated rings. The van der Waals surface area contributed by atoms with Crippen molar-refractivity contribution in [2.45, 2.75) is 11.3 Å². The minimum Gasteiger partial charge on any atom is -0.330 e. The second-order valence-electron chi connectivity index (χ2n) is 3.47. The van der Waals surface area contributed by atoms with Crippen LogP contribution in [-0.2, 0) is 14.8 Å². The van der Waals surface area contributed by atoms with E-state index < -0.39 is 15.9 Å². The van der Waals surface area contributed by atoms with Crippen LogP contribution in [0.25, 0.3) is 0 Å². The van der Waals surface area contributed by atoms with E-state index in [1.54, 1.807) is 19.2 Å². The molecule has 0 saturated carbocycles. The van der Waals surface area contributed by atoms with Crippen molar-refractivity contribution < 1.29 is 13.2 Å². The van der Waals surface area contributed by atoms with Crippen LogP contribution >= 0.6 is 0 Å². The Morgan fingerprint density at radius 1 is 1.28 bits per heavy atom. The summed E-state index contributed by atoms with van der Waals surface area (Å²) in [5.41, 5.74) is 11.4. The molecule has 0 bridgehead atoms. The number of rotatable bonds is 6. The number of benzene rings is 1. The fourth-order valence-electron chi connectivity index (χ4n) is 1.25. The summed E-state index contributed by atoms with van der Waals surface area (Å²) >= 11 is 0. The van der Waals surface area contributed by atoms with Gasteiger partial charge in [-0.1, -0.05) is 0 Å². The molecule has 1 rings (SSSR count). The molecule has 0 spiro atoms. The average Bonchev–Trinajstić information content (AvgIpc) is 2.29. The van der Waals surface area contributed by atoms with Gasteiger partial charge in [0.15, 0.2) is 0 Å². The normalized spacial score (nSPS) is 11.0. The molecule has 1 aromatic rings. The number of anilines is 1. The Kier molecular flexibility index (Phi) is 5.08. The Bertz CT molecular complexity index is 498. The van der Waals surface area contributed by atoms with Gasteiger partial charge in [-0.05, 0) is 24.3 Å². The Labute approximate surface area is 106 Å². The molecule has 7 nitrogen and oxygen atoms in total. The van der Waals surface area contributed by atoms with E-state index >= 15 is 0 Å². The summed E-state index contributed by atoms with van der Waals surface area (Å²) in [6.45, 7) is 0.104. The maximum absolute atomic E-state index is 11.8. The first-order valence-electron chi connectivity index (χ1n) is 5.28. The number of hydrazine groups is 1. The van der Waals surface area contributed by atoms with E-state index in [9.17, 15) is 13.2 Å². The topological polar surface area (TPSA) is 113 Å². The number of amides is 1. The van der Waals surface area contributed by atoms with E-state index in [0.29, 0.717) is 5.69 Å². The first-order chi connectivity index (χ1) is 8.49. The summed E-state index contributed by atoms with van der Waals surface area (Å²) in [6.07, 6.45) is -0.0291. The Morgan fingerprint density at radius 3 is 2.39 bits per heavy atom. The third-order valence-electron chi connectivity index (χ3n) is 2.05. The molecule has 0 radical (unpaired) electrons. The van der Waals surface area contributed by atoms with Gasteiger partial charge in [0.25, 0.3) is 10.0 Å². The van der Waals surface area contributed by atoms with Gasteiger partial charge in [-0.15, -0.1) is 0 Å². The van der Waals surface area contributed by atoms with Crippen LogP contribution in [0, 0.1) is 0 Å². The smallest absolute Gasteiger partial charge is 0.264 e. The highest BCUT2D eigenvalue weighted by atomic mass is 32.2. The summed E-state index contributed by atoms with van der Waals surface area (Å²) in [7, 11) is -2.12. The lowest BCUT2D eigenvalue weighted by atomic mass is 10.3. The van der Waals surface area contributed by atoms with Crippen LogP contribution in [0.2, 0.25) is 0 Å². The molecular formula is C10H16N4O3S. The number of carbonyl (C=O) groups excluding carboxylic acids is 1. The quantitative estimate of drug-likeness (QED) is 0.514. The van der Waals surface area contributed by atoms with Gasteiger partial charge in [0, 0.05) is 25.7 Å². The molecule has 100 valence electrons. The van der Waals surface area contributed by atoms with E-state index in [1.807, 2.05) is 4.72 Å². The van der Waals surface area contributed by atoms with Crippen molar-refractivity contribution in [3.8, 4) is 0 Å². The summed E-state index contributed by atoms with van der Waals surface area (Å²) in [6, 6.07) is 5.96. The number of nitrogens with one attached hydrogen (secondary N) is 3. The molecule has 0 heterocycles. The first kappa shape index (κ1) is 14.4. The maximum Gasteiger partial charge on any atom is 0.264 e. The van der Waals surface area contributed by atoms with Crippen LogP contribution in [0.4, 0.5) is 5.69 Å². The zero-order chi connectivity index (χ0) is 13.6. The number of sulfonamides is 1. The molecule has 0 saturated heterocycles. The number of carbonyl (C=O) groups is 1. The Balaban J connectivity index is 2.82. The first-order valence-corrected chi connectivity index (χ1v) is 6.76. The predicted octanol–water partition coefficient (Wildman–Crippen LogP) is -0.613. The van der Waals surface area contributed by atoms with Crippen molar-refractivity contribution in [1.29, 1.82) is 0 Å². The average molecular weight is 272 g/mol. The van der Waals surface area contributed by atoms with Crippen LogP contribution in [0.1, 0.15) is 6.42 Å². The molecule has 1 amide bonds. The Hall–Kier alpha value is -1.64. The zero-order valence-electron chi connectivity index (χ0n) is 9.93. The third kappa shape index (κ3) is 3.99. The van der Waals surface area contributed by atoms with E-state index in [-0.39, 0.29) is 17.9 Å². The minimum absolute atomic E-state index is 0.0227. The van der Waals surface area contributed by atoms with Crippen molar-refractivity contribution in [3.63, 3.8) is 0 Å². The van der Waals surface area contributed by atoms with Crippen molar-refractivity contribution >= 4 is 21.6 Å². The lowest BCUT2D eigenvalue weighted by molar-refractivity contribution is -0.119. The van der Waals surface area contributed by atoms with Gasteiger partial charge < -0.3 is 11.2 Å². The molecule has 0 aliphatic rings. The number of hydrogen-bond acceptors (Lipinski definition) is 6. The van der Waals surface area contributed by atoms with Crippen LogP contribution in [0.5, 0.6) is 0 Å². The highest BCUT2D eigenvalue weighted by molar-refractivity contribution is 7.90. The molecule has 0 unspecified atom stereocenters. The molecule has 8 heteroatoms. The summed E-state index contributed by atoms with van der Waals surface area (Å²) in [4.78, 5) is 11.2. The Morgan fingerprint density at radius 2 is 1.89 bits per heavy atom. The minimum atomic E-state index is -3.82. The molecule has 0 aliphatic heterocycles. The van der Waals surface area contributed by atoms with Crippen LogP contribution < -0.4 is 21.3 Å². The number of nitrogens with two attached hydrogens (primary N) is 1. The van der Waals surface area contributed by atoms with Gasteiger partial charge >= 0.3 is 0 Å². The van der Waals surface area contributed by atoms with Crippen molar-refractivity contribution in [3.05, 3.63) is 24.3 Å². The largest absolute Gasteiger partial charge is 0.330 e. The zero-order valence-corrected chi connectivity index (χ0v) is 10.8. The van der Waals surface area contributed by atoms with Gasteiger partial charge in [-0.25, -0.2) is 18.6 Å². The van der Waals surface area contributed by atoms with Gasteiger partial charge in [0.05, 0.1) is 4.90 Å².